The zero-order valence-electron chi connectivity index (χ0n) is 35.5. The molecule has 0 fully saturated rings. The molecule has 0 aliphatic rings. The Hall–Kier alpha value is -1.18. The van der Waals surface area contributed by atoms with Gasteiger partial charge >= 0.3 is 13.8 Å². The van der Waals surface area contributed by atoms with Gasteiger partial charge in [-0.05, 0) is 51.0 Å². The van der Waals surface area contributed by atoms with Crippen LogP contribution in [0, 0.1) is 0 Å². The number of rotatable bonds is 44. The molecule has 1 unspecified atom stereocenters. The minimum atomic E-state index is -4.29. The van der Waals surface area contributed by atoms with E-state index in [0.29, 0.717) is 6.42 Å². The number of unbranched alkanes of at least 4 members (excludes halogenated alkanes) is 29. The second kappa shape index (κ2) is 43.0. The average Bonchev–Trinajstić information content (AvgIpc) is 3.16. The smallest absolute Gasteiger partial charge is 0.472 e. The fourth-order valence-electron chi connectivity index (χ4n) is 6.55. The normalized spacial score (nSPS) is 13.6. The van der Waals surface area contributed by atoms with Gasteiger partial charge in [0.25, 0.3) is 0 Å². The van der Waals surface area contributed by atoms with E-state index in [0.717, 1.165) is 32.1 Å². The molecule has 8 nitrogen and oxygen atoms in total. The first-order chi connectivity index (χ1) is 26.4. The van der Waals surface area contributed by atoms with Crippen molar-refractivity contribution in [3.8, 4) is 0 Å². The van der Waals surface area contributed by atoms with Crippen molar-refractivity contribution in [2.45, 2.75) is 232 Å². The number of allylic oxidation sites excluding steroid dienone is 3. The predicted octanol–water partition coefficient (Wildman–Crippen LogP) is 14.0. The van der Waals surface area contributed by atoms with Crippen LogP contribution >= 0.6 is 7.82 Å². The molecule has 0 aromatic carbocycles. The van der Waals surface area contributed by atoms with E-state index >= 15 is 0 Å². The molecule has 0 heterocycles. The van der Waals surface area contributed by atoms with Crippen LogP contribution in [-0.2, 0) is 27.9 Å². The summed E-state index contributed by atoms with van der Waals surface area (Å²) < 4.78 is 33.2. The molecule has 0 saturated heterocycles. The molecular weight excluding hydrogens is 697 g/mol. The number of phosphoric acid groups is 1. The molecule has 0 rings (SSSR count). The Morgan fingerprint density at radius 1 is 0.556 bits per heavy atom. The van der Waals surface area contributed by atoms with E-state index in [4.69, 9.17) is 24.3 Å². The number of phosphoric ester groups is 1. The Morgan fingerprint density at radius 2 is 0.944 bits per heavy atom. The maximum Gasteiger partial charge on any atom is 0.472 e. The Morgan fingerprint density at radius 3 is 1.37 bits per heavy atom. The third-order valence-corrected chi connectivity index (χ3v) is 10.9. The lowest BCUT2D eigenvalue weighted by Gasteiger charge is -2.19. The number of carbonyl (C=O) groups excluding carboxylic acids is 1. The first-order valence-corrected chi connectivity index (χ1v) is 24.4. The molecule has 0 aliphatic heterocycles. The molecule has 0 spiro atoms. The Bertz CT molecular complexity index is 884. The second-order valence-corrected chi connectivity index (χ2v) is 16.8. The molecular formula is C45H88NO7P. The maximum atomic E-state index is 12.6. The largest absolute Gasteiger partial charge is 0.498 e. The van der Waals surface area contributed by atoms with Crippen LogP contribution in [-0.4, -0.2) is 43.3 Å². The molecule has 3 N–H and O–H groups in total. The van der Waals surface area contributed by atoms with Gasteiger partial charge in [0.15, 0.2) is 6.10 Å². The van der Waals surface area contributed by atoms with Gasteiger partial charge in [-0.3, -0.25) is 13.8 Å². The zero-order chi connectivity index (χ0) is 39.5. The van der Waals surface area contributed by atoms with E-state index in [-0.39, 0.29) is 32.3 Å². The van der Waals surface area contributed by atoms with E-state index in [2.05, 4.69) is 26.0 Å². The number of carbonyl (C=O) groups is 1. The Labute approximate surface area is 334 Å². The predicted molar refractivity (Wildman–Crippen MR) is 229 cm³/mol. The highest BCUT2D eigenvalue weighted by atomic mass is 31.2. The third kappa shape index (κ3) is 42.0. The minimum absolute atomic E-state index is 0.0341. The molecule has 0 radical (unpaired) electrons. The first kappa shape index (κ1) is 52.8. The van der Waals surface area contributed by atoms with Gasteiger partial charge in [0.1, 0.15) is 6.61 Å². The van der Waals surface area contributed by atoms with E-state index in [9.17, 15) is 14.3 Å². The number of hydrogen-bond donors (Lipinski definition) is 2. The van der Waals surface area contributed by atoms with Crippen LogP contribution in [0.2, 0.25) is 0 Å². The lowest BCUT2D eigenvalue weighted by molar-refractivity contribution is -0.153. The van der Waals surface area contributed by atoms with Gasteiger partial charge in [0.2, 0.25) is 0 Å². The molecule has 2 atom stereocenters. The quantitative estimate of drug-likeness (QED) is 0.0206. The second-order valence-electron chi connectivity index (χ2n) is 15.3. The minimum Gasteiger partial charge on any atom is -0.498 e. The summed E-state index contributed by atoms with van der Waals surface area (Å²) in [6.07, 6.45) is 48.6. The fourth-order valence-corrected chi connectivity index (χ4v) is 7.31. The summed E-state index contributed by atoms with van der Waals surface area (Å²) >= 11 is 0. The van der Waals surface area contributed by atoms with Crippen LogP contribution in [0.1, 0.15) is 226 Å². The van der Waals surface area contributed by atoms with E-state index in [1.165, 1.54) is 173 Å². The van der Waals surface area contributed by atoms with Crippen molar-refractivity contribution in [2.24, 2.45) is 5.73 Å². The molecule has 0 bridgehead atoms. The van der Waals surface area contributed by atoms with Crippen LogP contribution in [0.15, 0.2) is 24.5 Å². The highest BCUT2D eigenvalue weighted by molar-refractivity contribution is 7.47. The summed E-state index contributed by atoms with van der Waals surface area (Å²) in [5.74, 6) is -0.354. The summed E-state index contributed by atoms with van der Waals surface area (Å²) in [6.45, 7) is 4.26. The number of esters is 1. The SMILES string of the molecule is CCCCCCCC/C=C/CCCCCCCCCC(=O)O[C@H](CO/C=C/CCCCCCCCCCCCCCCCCC)COP(=O)(O)OCCN. The van der Waals surface area contributed by atoms with E-state index < -0.39 is 13.9 Å². The average molecular weight is 786 g/mol. The van der Waals surface area contributed by atoms with Crippen LogP contribution < -0.4 is 5.73 Å². The first-order valence-electron chi connectivity index (χ1n) is 22.9. The van der Waals surface area contributed by atoms with Gasteiger partial charge in [-0.15, -0.1) is 0 Å². The van der Waals surface area contributed by atoms with Crippen molar-refractivity contribution in [3.05, 3.63) is 24.5 Å². The van der Waals surface area contributed by atoms with Crippen LogP contribution in [0.5, 0.6) is 0 Å². The molecule has 0 aliphatic carbocycles. The van der Waals surface area contributed by atoms with Gasteiger partial charge in [0, 0.05) is 13.0 Å². The summed E-state index contributed by atoms with van der Waals surface area (Å²) in [5, 5.41) is 0. The molecule has 0 saturated carbocycles. The zero-order valence-corrected chi connectivity index (χ0v) is 36.4. The van der Waals surface area contributed by atoms with Crippen LogP contribution in [0.3, 0.4) is 0 Å². The molecule has 0 aromatic heterocycles. The van der Waals surface area contributed by atoms with Gasteiger partial charge in [-0.1, -0.05) is 187 Å². The molecule has 0 aromatic rings. The number of ether oxygens (including phenoxy) is 2. The van der Waals surface area contributed by atoms with Crippen LogP contribution in [0.4, 0.5) is 0 Å². The van der Waals surface area contributed by atoms with Gasteiger partial charge in [-0.2, -0.15) is 0 Å². The maximum absolute atomic E-state index is 12.6. The van der Waals surface area contributed by atoms with Crippen LogP contribution in [0.25, 0.3) is 0 Å². The van der Waals surface area contributed by atoms with Gasteiger partial charge in [-0.25, -0.2) is 4.57 Å². The van der Waals surface area contributed by atoms with Gasteiger partial charge in [0.05, 0.1) is 19.5 Å². The summed E-state index contributed by atoms with van der Waals surface area (Å²) in [6, 6.07) is 0. The monoisotopic (exact) mass is 786 g/mol. The van der Waals surface area contributed by atoms with Crippen molar-refractivity contribution in [1.29, 1.82) is 0 Å². The summed E-state index contributed by atoms with van der Waals surface area (Å²) in [7, 11) is -4.29. The third-order valence-electron chi connectivity index (χ3n) is 9.94. The molecule has 320 valence electrons. The lowest BCUT2D eigenvalue weighted by atomic mass is 10.0. The van der Waals surface area contributed by atoms with Crippen molar-refractivity contribution < 1.29 is 32.8 Å². The highest BCUT2D eigenvalue weighted by Crippen LogP contribution is 2.43. The van der Waals surface area contributed by atoms with E-state index in [1.807, 2.05) is 6.08 Å². The van der Waals surface area contributed by atoms with Crippen molar-refractivity contribution in [1.82, 2.24) is 0 Å². The topological polar surface area (TPSA) is 117 Å². The summed E-state index contributed by atoms with van der Waals surface area (Å²) in [4.78, 5) is 22.5. The van der Waals surface area contributed by atoms with Crippen molar-refractivity contribution in [3.63, 3.8) is 0 Å². The summed E-state index contributed by atoms with van der Waals surface area (Å²) in [5.41, 5.74) is 5.37. The Balaban J connectivity index is 4.03. The van der Waals surface area contributed by atoms with Crippen molar-refractivity contribution >= 4 is 13.8 Å². The fraction of sp³-hybridized carbons (Fsp3) is 0.889. The molecule has 54 heavy (non-hydrogen) atoms. The van der Waals surface area contributed by atoms with E-state index in [1.54, 1.807) is 6.26 Å². The van der Waals surface area contributed by atoms with Crippen molar-refractivity contribution in [2.75, 3.05) is 26.4 Å². The standard InChI is InChI=1S/C45H88NO7P/c1-3-5-7-9-11-13-15-17-19-21-23-25-27-29-31-33-35-37-40-50-42-44(43-52-54(48,49)51-41-39-46)53-45(47)38-36-34-32-30-28-26-24-22-20-18-16-14-12-10-8-6-4-2/h18,20,37,40,44H,3-17,19,21-36,38-39,41-43,46H2,1-2H3,(H,48,49)/b20-18+,40-37+/t44-/m1/s1. The highest BCUT2D eigenvalue weighted by Gasteiger charge is 2.25. The number of hydrogen-bond acceptors (Lipinski definition) is 7. The van der Waals surface area contributed by atoms with Gasteiger partial charge < -0.3 is 20.1 Å². The lowest BCUT2D eigenvalue weighted by Crippen LogP contribution is -2.27. The Kier molecular flexibility index (Phi) is 42.0. The number of nitrogens with two attached hydrogens (primary N) is 1. The molecule has 9 heteroatoms. The molecule has 0 amide bonds.